The van der Waals surface area contributed by atoms with Crippen LogP contribution in [0, 0.1) is 0 Å². The van der Waals surface area contributed by atoms with E-state index in [9.17, 15) is 9.59 Å². The van der Waals surface area contributed by atoms with Crippen LogP contribution in [0.5, 0.6) is 5.75 Å². The lowest BCUT2D eigenvalue weighted by atomic mass is 10.1. The molecule has 2 aromatic carbocycles. The van der Waals surface area contributed by atoms with Crippen LogP contribution in [-0.2, 0) is 22.6 Å². The number of aryl methyl sites for hydroxylation is 1. The first-order valence-corrected chi connectivity index (χ1v) is 11.5. The molecule has 0 aliphatic carbocycles. The zero-order chi connectivity index (χ0) is 22.3. The van der Waals surface area contributed by atoms with E-state index >= 15 is 0 Å². The molecular weight excluding hydrogens is 512 g/mol. The molecule has 162 valence electrons. The highest BCUT2D eigenvalue weighted by atomic mass is 79.9. The van der Waals surface area contributed by atoms with Gasteiger partial charge in [-0.1, -0.05) is 41.1 Å². The number of hydrogen-bond donors (Lipinski definition) is 1. The first kappa shape index (κ1) is 24.4. The molecule has 1 atom stereocenters. The zero-order valence-electron chi connectivity index (χ0n) is 17.7. The molecule has 2 rings (SSSR count). The number of carbonyl (C=O) groups excluding carboxylic acids is 2. The molecule has 0 saturated heterocycles. The van der Waals surface area contributed by atoms with Crippen molar-refractivity contribution in [1.29, 1.82) is 0 Å². The average Bonchev–Trinajstić information content (AvgIpc) is 2.69. The number of ether oxygens (including phenoxy) is 1. The summed E-state index contributed by atoms with van der Waals surface area (Å²) in [5.41, 5.74) is 2.10. The SMILES string of the molecule is CCc1ccc(OCC(=O)N(Cc2cccc(Br)c2)[C@@H](C)C(=O)NC(C)C)c(Br)c1. The molecule has 0 radical (unpaired) electrons. The fourth-order valence-electron chi connectivity index (χ4n) is 2.92. The number of benzene rings is 2. The normalized spacial score (nSPS) is 11.8. The fourth-order valence-corrected chi connectivity index (χ4v) is 3.91. The van der Waals surface area contributed by atoms with E-state index in [1.54, 1.807) is 11.8 Å². The van der Waals surface area contributed by atoms with Crippen molar-refractivity contribution in [1.82, 2.24) is 10.2 Å². The van der Waals surface area contributed by atoms with Gasteiger partial charge in [-0.25, -0.2) is 0 Å². The molecule has 0 unspecified atom stereocenters. The van der Waals surface area contributed by atoms with Gasteiger partial charge < -0.3 is 15.0 Å². The molecule has 1 N–H and O–H groups in total. The van der Waals surface area contributed by atoms with Gasteiger partial charge in [-0.15, -0.1) is 0 Å². The molecule has 0 bridgehead atoms. The molecule has 2 amide bonds. The van der Waals surface area contributed by atoms with Crippen LogP contribution in [0.2, 0.25) is 0 Å². The Morgan fingerprint density at radius 2 is 1.80 bits per heavy atom. The van der Waals surface area contributed by atoms with E-state index in [0.717, 1.165) is 20.9 Å². The molecule has 0 aromatic heterocycles. The first-order chi connectivity index (χ1) is 14.2. The molecule has 5 nitrogen and oxygen atoms in total. The molecule has 0 heterocycles. The van der Waals surface area contributed by atoms with Gasteiger partial charge >= 0.3 is 0 Å². The second-order valence-corrected chi connectivity index (χ2v) is 9.17. The van der Waals surface area contributed by atoms with Crippen LogP contribution in [0.25, 0.3) is 0 Å². The van der Waals surface area contributed by atoms with Crippen molar-refractivity contribution < 1.29 is 14.3 Å². The van der Waals surface area contributed by atoms with Gasteiger partial charge in [0.1, 0.15) is 11.8 Å². The Kier molecular flexibility index (Phi) is 9.37. The topological polar surface area (TPSA) is 58.6 Å². The standard InChI is InChI=1S/C23H28Br2N2O3/c1-5-17-9-10-21(20(25)12-17)30-14-22(28)27(16(4)23(29)26-15(2)3)13-18-7-6-8-19(24)11-18/h6-12,15-16H,5,13-14H2,1-4H3,(H,26,29)/t16-/m0/s1. The summed E-state index contributed by atoms with van der Waals surface area (Å²) < 4.78 is 7.50. The maximum absolute atomic E-state index is 13.1. The highest BCUT2D eigenvalue weighted by molar-refractivity contribution is 9.10. The molecule has 30 heavy (non-hydrogen) atoms. The third-order valence-corrected chi connectivity index (χ3v) is 5.71. The summed E-state index contributed by atoms with van der Waals surface area (Å²) in [6, 6.07) is 12.9. The van der Waals surface area contributed by atoms with E-state index in [0.29, 0.717) is 12.3 Å². The Bertz CT molecular complexity index is 887. The van der Waals surface area contributed by atoms with Crippen molar-refractivity contribution in [3.63, 3.8) is 0 Å². The summed E-state index contributed by atoms with van der Waals surface area (Å²) in [5, 5.41) is 2.88. The third kappa shape index (κ3) is 7.13. The lowest BCUT2D eigenvalue weighted by Gasteiger charge is -2.29. The van der Waals surface area contributed by atoms with Crippen molar-refractivity contribution in [2.24, 2.45) is 0 Å². The predicted molar refractivity (Wildman–Crippen MR) is 126 cm³/mol. The summed E-state index contributed by atoms with van der Waals surface area (Å²) in [4.78, 5) is 27.2. The number of carbonyl (C=O) groups is 2. The summed E-state index contributed by atoms with van der Waals surface area (Å²) >= 11 is 6.95. The number of amides is 2. The van der Waals surface area contributed by atoms with Crippen molar-refractivity contribution in [2.75, 3.05) is 6.61 Å². The van der Waals surface area contributed by atoms with Gasteiger partial charge in [-0.05, 0) is 78.5 Å². The Morgan fingerprint density at radius 1 is 1.07 bits per heavy atom. The second-order valence-electron chi connectivity index (χ2n) is 7.40. The Morgan fingerprint density at radius 3 is 2.40 bits per heavy atom. The van der Waals surface area contributed by atoms with Crippen molar-refractivity contribution in [2.45, 2.75) is 52.7 Å². The predicted octanol–water partition coefficient (Wildman–Crippen LogP) is 5.09. The van der Waals surface area contributed by atoms with Gasteiger partial charge in [-0.3, -0.25) is 9.59 Å². The Labute approximate surface area is 195 Å². The van der Waals surface area contributed by atoms with Gasteiger partial charge in [0.05, 0.1) is 4.47 Å². The van der Waals surface area contributed by atoms with Gasteiger partial charge in [0.15, 0.2) is 6.61 Å². The first-order valence-electron chi connectivity index (χ1n) is 9.96. The van der Waals surface area contributed by atoms with E-state index in [2.05, 4.69) is 44.1 Å². The lowest BCUT2D eigenvalue weighted by Crippen LogP contribution is -2.50. The van der Waals surface area contributed by atoms with E-state index in [4.69, 9.17) is 4.74 Å². The second kappa shape index (κ2) is 11.5. The maximum atomic E-state index is 13.1. The molecule has 2 aromatic rings. The highest BCUT2D eigenvalue weighted by Crippen LogP contribution is 2.26. The van der Waals surface area contributed by atoms with Crippen LogP contribution in [0.15, 0.2) is 51.4 Å². The van der Waals surface area contributed by atoms with E-state index in [1.807, 2.05) is 56.3 Å². The zero-order valence-corrected chi connectivity index (χ0v) is 20.9. The number of halogens is 2. The lowest BCUT2D eigenvalue weighted by molar-refractivity contribution is -0.142. The maximum Gasteiger partial charge on any atom is 0.261 e. The van der Waals surface area contributed by atoms with Gasteiger partial charge in [-0.2, -0.15) is 0 Å². The smallest absolute Gasteiger partial charge is 0.261 e. The number of rotatable bonds is 9. The summed E-state index contributed by atoms with van der Waals surface area (Å²) in [5.74, 6) is 0.150. The van der Waals surface area contributed by atoms with Gasteiger partial charge in [0.25, 0.3) is 5.91 Å². The highest BCUT2D eigenvalue weighted by Gasteiger charge is 2.27. The number of nitrogens with one attached hydrogen (secondary N) is 1. The molecule has 0 saturated carbocycles. The van der Waals surface area contributed by atoms with Crippen molar-refractivity contribution in [3.05, 3.63) is 62.5 Å². The molecule has 0 aliphatic heterocycles. The molecule has 0 aliphatic rings. The molecule has 0 fully saturated rings. The minimum atomic E-state index is -0.631. The van der Waals surface area contributed by atoms with Crippen molar-refractivity contribution in [3.8, 4) is 5.75 Å². The number of hydrogen-bond acceptors (Lipinski definition) is 3. The minimum absolute atomic E-state index is 0.00735. The van der Waals surface area contributed by atoms with Crippen molar-refractivity contribution >= 4 is 43.7 Å². The summed E-state index contributed by atoms with van der Waals surface area (Å²) in [6.07, 6.45) is 0.917. The van der Waals surface area contributed by atoms with Crippen LogP contribution in [0.1, 0.15) is 38.8 Å². The summed E-state index contributed by atoms with van der Waals surface area (Å²) in [6.45, 7) is 7.76. The monoisotopic (exact) mass is 538 g/mol. The van der Waals surface area contributed by atoms with Gasteiger partial charge in [0, 0.05) is 17.1 Å². The van der Waals surface area contributed by atoms with Gasteiger partial charge in [0.2, 0.25) is 5.91 Å². The molecular formula is C23H28Br2N2O3. The van der Waals surface area contributed by atoms with E-state index in [1.165, 1.54) is 5.56 Å². The van der Waals surface area contributed by atoms with Crippen LogP contribution >= 0.6 is 31.9 Å². The third-order valence-electron chi connectivity index (χ3n) is 4.60. The Balaban J connectivity index is 2.17. The Hall–Kier alpha value is -1.86. The van der Waals surface area contributed by atoms with Crippen LogP contribution < -0.4 is 10.1 Å². The largest absolute Gasteiger partial charge is 0.483 e. The minimum Gasteiger partial charge on any atom is -0.483 e. The average molecular weight is 540 g/mol. The van der Waals surface area contributed by atoms with Crippen LogP contribution in [0.4, 0.5) is 0 Å². The summed E-state index contributed by atoms with van der Waals surface area (Å²) in [7, 11) is 0. The van der Waals surface area contributed by atoms with E-state index < -0.39 is 6.04 Å². The quantitative estimate of drug-likeness (QED) is 0.482. The molecule has 0 spiro atoms. The van der Waals surface area contributed by atoms with Crippen LogP contribution in [0.3, 0.4) is 0 Å². The van der Waals surface area contributed by atoms with E-state index in [-0.39, 0.29) is 24.5 Å². The molecule has 7 heteroatoms. The number of nitrogens with zero attached hydrogens (tertiary/aromatic N) is 1. The fraction of sp³-hybridized carbons (Fsp3) is 0.391. The van der Waals surface area contributed by atoms with Crippen LogP contribution in [-0.4, -0.2) is 35.4 Å².